The van der Waals surface area contributed by atoms with Gasteiger partial charge in [0.25, 0.3) is 0 Å². The van der Waals surface area contributed by atoms with E-state index in [2.05, 4.69) is 115 Å². The molecule has 5 spiro atoms. The number of rotatable bonds is 12. The number of quaternary nitrogens is 1. The maximum atomic E-state index is 14.0. The second-order valence-electron chi connectivity index (χ2n) is 31.5. The zero-order valence-corrected chi connectivity index (χ0v) is 118. The molecule has 0 amide bonds. The summed E-state index contributed by atoms with van der Waals surface area (Å²) in [6.45, 7) is 41.9. The number of aliphatic hydroxyl groups is 2. The van der Waals surface area contributed by atoms with Gasteiger partial charge in [-0.25, -0.2) is 30.7 Å². The van der Waals surface area contributed by atoms with Crippen molar-refractivity contribution in [2.75, 3.05) is 168 Å². The molecule has 0 aromatic heterocycles. The van der Waals surface area contributed by atoms with Crippen molar-refractivity contribution in [2.45, 2.75) is 205 Å². The number of nitrogens with zero attached hydrogens (tertiary/aromatic N) is 1. The van der Waals surface area contributed by atoms with Crippen LogP contribution in [0.5, 0.6) is 0 Å². The maximum Gasteiger partial charge on any atom is 0.188 e. The van der Waals surface area contributed by atoms with Gasteiger partial charge in [-0.15, -0.1) is 93.5 Å². The number of thiol groups is 2. The molecule has 12 saturated heterocycles. The molecule has 0 aliphatic carbocycles. The van der Waals surface area contributed by atoms with Crippen LogP contribution in [0.2, 0.25) is 19.6 Å². The van der Waals surface area contributed by atoms with Gasteiger partial charge in [0.15, 0.2) is 11.1 Å². The molecule has 70 heteroatoms. The number of hydrogen-bond acceptors (Lipinski definition) is 32. The fraction of sp³-hybridized carbons (Fsp3) is 0.901. The van der Waals surface area contributed by atoms with E-state index in [-0.39, 0.29) is 172 Å². The predicted octanol–water partition coefficient (Wildman–Crippen LogP) is 21.6. The molecule has 844 valence electrons. The minimum absolute atomic E-state index is 0. The summed E-state index contributed by atoms with van der Waals surface area (Å²) in [6.07, 6.45) is -7.32. The van der Waals surface area contributed by atoms with Crippen molar-refractivity contribution in [3.8, 4) is 0 Å². The van der Waals surface area contributed by atoms with Crippen molar-refractivity contribution in [2.24, 2.45) is 23.7 Å². The predicted molar refractivity (Wildman–Crippen MR) is 661 cm³/mol. The number of hydrogen-bond donors (Lipinski definition) is 5. The average Bonchev–Trinajstić information content (AvgIpc) is 1.61. The zero-order valence-electron chi connectivity index (χ0n) is 83.3. The van der Waals surface area contributed by atoms with Gasteiger partial charge in [0.1, 0.15) is 160 Å². The van der Waals surface area contributed by atoms with Crippen LogP contribution in [-0.2, 0) is 233 Å². The molecule has 12 aliphatic heterocycles. The van der Waals surface area contributed by atoms with Crippen LogP contribution in [0.3, 0.4) is 0 Å². The molecular weight excluding hydrogens is 2710 g/mol. The third-order valence-electron chi connectivity index (χ3n) is 21.8. The normalized spacial score (nSPS) is 37.9. The number of aliphatic hydroxyl groups excluding tert-OH is 2. The van der Waals surface area contributed by atoms with Gasteiger partial charge >= 0.3 is 0 Å². The third-order valence-corrected chi connectivity index (χ3v) is 81.1. The zero-order chi connectivity index (χ0) is 102. The average molecular weight is 2850 g/mol. The van der Waals surface area contributed by atoms with Gasteiger partial charge < -0.3 is 98.7 Å². The van der Waals surface area contributed by atoms with Crippen molar-refractivity contribution in [1.29, 1.82) is 5.59 Å². The number of ether oxygens (including phenoxy) is 7. The standard InChI is InChI=1S/C8H14BFO3P2S2.C8H14BFO2P2S3.C8H13BFO2PS2.C8H11BFOPS3.C8H13BFOPS2.C7H12BFO3.C7H12BFOS2.C6H15FN.C4H12SSi.CH4ClP.CH5P.5CH3.HNO.5Ni.S8/c1-14-13-6-5(10)7(9)12-8(6)3-16-15(2,11)17-4-8;1-13-12-6-5(10)7(9)11-8(6)3-16-14(2,15)17-4-8;1-5-6(10)7(9)12-8(5)3-14-13(2,11)15-4-8;1-5-6(10)7(9)11-8(5)3-14-12(2,13)15-4-8;1-5-6(10)7(9)11-8(5)3-13-12(2)14-4-8;1-4-5(9)6(8)12-7(4,2-10)3-11;1-4-5(9)6(8)10-7(4,2-11)3-12;1-4-8(7,5-2)6-3;1-5-6(2,3)4;1-3-2;1-2;;;;;;1-2;;;;;;1-3-5-7-8-6-4-2/h5-7,14H,3-4H2,1-2H3;5-7,13H,3-4H2,1-2H3;5-7H,3-4H2,1-2H3;6-7H,1,3-4H2,2H3;5-7H,3-4H2,1-2H3;4-6,10-11H,2-3H2,1H3;4-6,11-12H,2-3H2,1H3;4-6H2,1-3H3;1-4H3;3H,1H3;2H2,1H3;5*1H3;1H;;;;;;/q;;;;;;;+1;;;;5*-1;;;;;;;/t5?,6-,7-,8?,15?;5?,6-,7-,8?,14?;5-,6?,7-,8?,13?;6?,7-,8?,12?;5-,6?,7-,8?,12?;2*4-,5?,6-;;;;;;;;;;;;;;;;/m1111111................/s1. The molecule has 0 saturated carbocycles. The first-order chi connectivity index (χ1) is 60.8. The smallest absolute Gasteiger partial charge is 0.188 e. The minimum atomic E-state index is -2.21. The van der Waals surface area contributed by atoms with Crippen LogP contribution in [-0.4, -0.2) is 382 Å². The van der Waals surface area contributed by atoms with Gasteiger partial charge in [-0.05, 0) is 85.0 Å². The summed E-state index contributed by atoms with van der Waals surface area (Å²) in [5.74, 6) is 6.52. The molecule has 141 heavy (non-hydrogen) atoms. The Bertz CT molecular complexity index is 3720. The summed E-state index contributed by atoms with van der Waals surface area (Å²) < 4.78 is 178. The van der Waals surface area contributed by atoms with Crippen LogP contribution < -0.4 is 0 Å². The van der Waals surface area contributed by atoms with Crippen molar-refractivity contribution < 1.29 is 184 Å². The topological polar surface area (TPSA) is 199 Å². The van der Waals surface area contributed by atoms with Gasteiger partial charge in [0, 0.05) is 312 Å². The first-order valence-electron chi connectivity index (χ1n) is 40.0. The van der Waals surface area contributed by atoms with Crippen molar-refractivity contribution in [1.82, 2.24) is 0 Å². The molecule has 11 unspecified atom stereocenters. The van der Waals surface area contributed by atoms with Crippen LogP contribution >= 0.6 is 223 Å². The Labute approximate surface area is 1010 Å². The first kappa shape index (κ1) is 175. The number of nitroso groups, excluding NO2 is 1. The molecule has 12 heterocycles. The van der Waals surface area contributed by atoms with Crippen LogP contribution in [0.1, 0.15) is 48.5 Å². The largest absolute Gasteiger partial charge is 0.393 e. The SMILES string of the molecule is CC[N+](F)(CC)CC.CP.CPCl.CS[Si](C)(C)C.N=O.S=S=S=S=S=S=S=S.[B][C@@H]1OC(CO)(CO)[C@H](C)C1F.[B][C@@H]1OC(CS)(CS)[C@H](C)C1F.[B][C@@H]1OC2(CSP(C)(=O)SC2)[C@H](C)C1F.[B][C@@H]1OC2(CSP(C)(=O)SC2)[C@H](OPC)C1F.[B][C@@H]1OC2(CSP(C)(=S)SC2)C(=C)C1F.[B][C@@H]1OC2(CSP(C)(=S)SC2)[C@H](OPC)C1F.[B][C@@H]1OC2(CSP(C)SC2)[C@H](C)C1F.[CH3-].[CH3-].[CH3-].[CH3-].[CH3-].[Ni].[Ni].[Ni].[Ni].[Ni]. The molecule has 0 aromatic rings. The Balaban J connectivity index is -0.000000147. The molecule has 14 radical (unpaired) electrons. The van der Waals surface area contributed by atoms with Gasteiger partial charge in [0.05, 0.1) is 56.9 Å². The molecule has 12 fully saturated rings. The van der Waals surface area contributed by atoms with E-state index >= 15 is 0 Å². The van der Waals surface area contributed by atoms with Gasteiger partial charge in [-0.2, -0.15) is 41.4 Å². The Kier molecular flexibility index (Phi) is 106. The number of halogens is 9. The molecule has 12 rings (SSSR count). The van der Waals surface area contributed by atoms with E-state index in [0.29, 0.717) is 90.7 Å². The molecule has 0 bridgehead atoms. The van der Waals surface area contributed by atoms with Crippen LogP contribution in [0.15, 0.2) is 12.2 Å². The monoisotopic (exact) mass is 2840 g/mol. The Morgan fingerprint density at radius 1 is 0.518 bits per heavy atom. The third kappa shape index (κ3) is 55.6. The summed E-state index contributed by atoms with van der Waals surface area (Å²) in [5, 5.41) is 17.8. The van der Waals surface area contributed by atoms with Gasteiger partial charge in [-0.3, -0.25) is 0 Å². The molecule has 3 N–H and O–H groups in total. The van der Waals surface area contributed by atoms with E-state index in [4.69, 9.17) is 147 Å². The van der Waals surface area contributed by atoms with E-state index in [1.807, 2.05) is 95.3 Å². The number of alkyl halides is 7. The first-order valence-corrected chi connectivity index (χ1v) is 91.0. The van der Waals surface area contributed by atoms with Crippen LogP contribution in [0.4, 0.5) is 35.2 Å². The van der Waals surface area contributed by atoms with E-state index < -0.39 is 177 Å². The molecular formula is C71H141B7ClF8N2Ni5O14P9S23Si-4. The fourth-order valence-electron chi connectivity index (χ4n) is 12.8. The summed E-state index contributed by atoms with van der Waals surface area (Å²) in [6, 6.07) is -6.06. The van der Waals surface area contributed by atoms with E-state index in [1.165, 1.54) is 63.3 Å². The quantitative estimate of drug-likeness (QED) is 0.0180. The van der Waals surface area contributed by atoms with Gasteiger partial charge in [-0.1, -0.05) is 135 Å². The summed E-state index contributed by atoms with van der Waals surface area (Å²) in [7, 11) is 50.5. The molecule has 0 aromatic carbocycles. The Morgan fingerprint density at radius 2 is 0.773 bits per heavy atom. The van der Waals surface area contributed by atoms with Crippen LogP contribution in [0.25, 0.3) is 0 Å². The fourth-order valence-corrected chi connectivity index (χ4v) is 59.6. The Hall–Kier alpha value is 11.9. The van der Waals surface area contributed by atoms with E-state index in [9.17, 15) is 44.3 Å². The maximum absolute atomic E-state index is 14.0. The van der Waals surface area contributed by atoms with Crippen molar-refractivity contribution in [3.05, 3.63) is 54.2 Å². The summed E-state index contributed by atoms with van der Waals surface area (Å²) in [5.41, 5.74) is -3.87. The second kappa shape index (κ2) is 84.9. The summed E-state index contributed by atoms with van der Waals surface area (Å²) in [4.78, 5) is 7.50. The molecule has 12 aliphatic rings. The van der Waals surface area contributed by atoms with Crippen LogP contribution in [0, 0.1) is 71.3 Å². The molecule has 24 atom stereocenters. The van der Waals surface area contributed by atoms with Gasteiger partial charge in [0.2, 0.25) is 0 Å². The Morgan fingerprint density at radius 3 is 0.986 bits per heavy atom. The van der Waals surface area contributed by atoms with E-state index in [0.717, 1.165) is 11.5 Å². The van der Waals surface area contributed by atoms with Crippen molar-refractivity contribution in [3.63, 3.8) is 0 Å². The van der Waals surface area contributed by atoms with Crippen molar-refractivity contribution >= 4 is 384 Å². The minimum Gasteiger partial charge on any atom is -0.393 e. The summed E-state index contributed by atoms with van der Waals surface area (Å²) >= 11 is 51.6. The number of nitrogens with one attached hydrogen (secondary N) is 1. The second-order valence-corrected chi connectivity index (χ2v) is 106. The molecule has 16 nitrogen and oxygen atoms in total. The van der Waals surface area contributed by atoms with E-state index in [1.54, 1.807) is 108 Å².